The summed E-state index contributed by atoms with van der Waals surface area (Å²) in [6.07, 6.45) is 1.26. The number of alkyl halides is 3. The first-order valence-electron chi connectivity index (χ1n) is 7.47. The Morgan fingerprint density at radius 3 is 2.50 bits per heavy atom. The first-order chi connectivity index (χ1) is 10.5. The highest BCUT2D eigenvalue weighted by molar-refractivity contribution is 5.36. The molecule has 2 fully saturated rings. The molecule has 1 aliphatic carbocycles. The topological polar surface area (TPSA) is 56.3 Å². The standard InChI is InChI=1S/C14H18F3N3O2/c15-14(16,17)11-6-18-13(19-9-4-2-1-3-5-9)20-12(11)22-10-7-21-8-10/h6,9-10H,1-5,7-8H2,(H,18,19,20). The maximum absolute atomic E-state index is 13.0. The van der Waals surface area contributed by atoms with Gasteiger partial charge in [-0.1, -0.05) is 19.3 Å². The van der Waals surface area contributed by atoms with Gasteiger partial charge in [-0.3, -0.25) is 0 Å². The summed E-state index contributed by atoms with van der Waals surface area (Å²) in [5, 5.41) is 3.11. The number of aromatic nitrogens is 2. The SMILES string of the molecule is FC(F)(F)c1cnc(NC2CCCCC2)nc1OC1COC1. The minimum Gasteiger partial charge on any atom is -0.469 e. The van der Waals surface area contributed by atoms with Crippen LogP contribution in [-0.4, -0.2) is 35.3 Å². The van der Waals surface area contributed by atoms with Crippen molar-refractivity contribution in [2.75, 3.05) is 18.5 Å². The van der Waals surface area contributed by atoms with E-state index in [0.717, 1.165) is 31.9 Å². The van der Waals surface area contributed by atoms with Gasteiger partial charge in [0, 0.05) is 12.2 Å². The maximum atomic E-state index is 13.0. The van der Waals surface area contributed by atoms with Crippen LogP contribution in [0, 0.1) is 0 Å². The largest absolute Gasteiger partial charge is 0.469 e. The van der Waals surface area contributed by atoms with Crippen LogP contribution < -0.4 is 10.1 Å². The molecule has 2 heterocycles. The molecule has 3 rings (SSSR count). The highest BCUT2D eigenvalue weighted by Gasteiger charge is 2.37. The van der Waals surface area contributed by atoms with Crippen molar-refractivity contribution in [1.82, 2.24) is 9.97 Å². The molecule has 0 spiro atoms. The Bertz CT molecular complexity index is 515. The molecular weight excluding hydrogens is 299 g/mol. The van der Waals surface area contributed by atoms with E-state index >= 15 is 0 Å². The second-order valence-electron chi connectivity index (χ2n) is 5.67. The Morgan fingerprint density at radius 1 is 1.18 bits per heavy atom. The van der Waals surface area contributed by atoms with Crippen LogP contribution in [0.15, 0.2) is 6.20 Å². The van der Waals surface area contributed by atoms with E-state index in [4.69, 9.17) is 9.47 Å². The van der Waals surface area contributed by atoms with Crippen molar-refractivity contribution < 1.29 is 22.6 Å². The Balaban J connectivity index is 1.77. The number of rotatable bonds is 4. The van der Waals surface area contributed by atoms with Gasteiger partial charge >= 0.3 is 6.18 Å². The minimum absolute atomic E-state index is 0.190. The van der Waals surface area contributed by atoms with Crippen molar-refractivity contribution in [3.8, 4) is 5.88 Å². The quantitative estimate of drug-likeness (QED) is 0.925. The van der Waals surface area contributed by atoms with E-state index in [0.29, 0.717) is 0 Å². The molecule has 1 aromatic rings. The van der Waals surface area contributed by atoms with Gasteiger partial charge in [0.25, 0.3) is 0 Å². The molecule has 0 atom stereocenters. The Hall–Kier alpha value is -1.57. The van der Waals surface area contributed by atoms with Crippen LogP contribution in [0.3, 0.4) is 0 Å². The van der Waals surface area contributed by atoms with E-state index in [1.807, 2.05) is 0 Å². The minimum atomic E-state index is -4.54. The second-order valence-corrected chi connectivity index (χ2v) is 5.67. The number of hydrogen-bond acceptors (Lipinski definition) is 5. The third kappa shape index (κ3) is 3.60. The lowest BCUT2D eigenvalue weighted by Crippen LogP contribution is -2.39. The fourth-order valence-electron chi connectivity index (χ4n) is 2.59. The Labute approximate surface area is 126 Å². The molecular formula is C14H18F3N3O2. The molecule has 0 radical (unpaired) electrons. The number of nitrogens with zero attached hydrogens (tertiary/aromatic N) is 2. The predicted octanol–water partition coefficient (Wildman–Crippen LogP) is 3.02. The summed E-state index contributed by atoms with van der Waals surface area (Å²) in [4.78, 5) is 7.73. The van der Waals surface area contributed by atoms with Gasteiger partial charge in [-0.25, -0.2) is 4.98 Å². The number of ether oxygens (including phenoxy) is 2. The smallest absolute Gasteiger partial charge is 0.423 e. The van der Waals surface area contributed by atoms with Gasteiger partial charge in [-0.2, -0.15) is 18.2 Å². The molecule has 1 saturated carbocycles. The van der Waals surface area contributed by atoms with Gasteiger partial charge in [0.2, 0.25) is 11.8 Å². The number of anilines is 1. The summed E-state index contributed by atoms with van der Waals surface area (Å²) in [6.45, 7) is 0.569. The van der Waals surface area contributed by atoms with E-state index < -0.39 is 17.6 Å². The number of nitrogens with one attached hydrogen (secondary N) is 1. The zero-order valence-corrected chi connectivity index (χ0v) is 12.0. The summed E-state index contributed by atoms with van der Waals surface area (Å²) in [5.74, 6) is -0.232. The van der Waals surface area contributed by atoms with Crippen LogP contribution in [0.4, 0.5) is 19.1 Å². The third-order valence-electron chi connectivity index (χ3n) is 3.88. The molecule has 1 aromatic heterocycles. The van der Waals surface area contributed by atoms with Gasteiger partial charge in [0.15, 0.2) is 0 Å². The molecule has 0 amide bonds. The Morgan fingerprint density at radius 2 is 1.91 bits per heavy atom. The van der Waals surface area contributed by atoms with E-state index in [2.05, 4.69) is 15.3 Å². The molecule has 2 aliphatic rings. The van der Waals surface area contributed by atoms with Crippen molar-refractivity contribution in [1.29, 1.82) is 0 Å². The van der Waals surface area contributed by atoms with E-state index in [9.17, 15) is 13.2 Å². The Kier molecular flexibility index (Phi) is 4.37. The van der Waals surface area contributed by atoms with Crippen LogP contribution in [0.2, 0.25) is 0 Å². The first-order valence-corrected chi connectivity index (χ1v) is 7.47. The van der Waals surface area contributed by atoms with Crippen molar-refractivity contribution in [2.24, 2.45) is 0 Å². The van der Waals surface area contributed by atoms with E-state index in [-0.39, 0.29) is 31.3 Å². The molecule has 1 aliphatic heterocycles. The number of halogens is 3. The molecule has 0 aromatic carbocycles. The lowest BCUT2D eigenvalue weighted by atomic mass is 9.96. The maximum Gasteiger partial charge on any atom is 0.423 e. The van der Waals surface area contributed by atoms with E-state index in [1.165, 1.54) is 6.42 Å². The zero-order valence-electron chi connectivity index (χ0n) is 12.0. The normalized spacial score (nSPS) is 20.5. The lowest BCUT2D eigenvalue weighted by molar-refractivity contribution is -0.142. The second kappa shape index (κ2) is 6.28. The number of hydrogen-bond donors (Lipinski definition) is 1. The van der Waals surface area contributed by atoms with Gasteiger partial charge < -0.3 is 14.8 Å². The fourth-order valence-corrected chi connectivity index (χ4v) is 2.59. The monoisotopic (exact) mass is 317 g/mol. The molecule has 5 nitrogen and oxygen atoms in total. The summed E-state index contributed by atoms with van der Waals surface area (Å²) >= 11 is 0. The van der Waals surface area contributed by atoms with Crippen LogP contribution in [0.1, 0.15) is 37.7 Å². The lowest BCUT2D eigenvalue weighted by Gasteiger charge is -2.28. The summed E-state index contributed by atoms with van der Waals surface area (Å²) < 4.78 is 49.2. The molecule has 0 unspecified atom stereocenters. The van der Waals surface area contributed by atoms with Gasteiger partial charge in [0.1, 0.15) is 11.7 Å². The molecule has 22 heavy (non-hydrogen) atoms. The average molecular weight is 317 g/mol. The highest BCUT2D eigenvalue weighted by Crippen LogP contribution is 2.36. The molecule has 8 heteroatoms. The van der Waals surface area contributed by atoms with Crippen LogP contribution in [0.25, 0.3) is 0 Å². The summed E-state index contributed by atoms with van der Waals surface area (Å²) in [5.41, 5.74) is -0.950. The van der Waals surface area contributed by atoms with Crippen LogP contribution in [-0.2, 0) is 10.9 Å². The highest BCUT2D eigenvalue weighted by atomic mass is 19.4. The van der Waals surface area contributed by atoms with Gasteiger partial charge in [0.05, 0.1) is 13.2 Å². The molecule has 122 valence electrons. The zero-order chi connectivity index (χ0) is 15.6. The van der Waals surface area contributed by atoms with Crippen LogP contribution in [0.5, 0.6) is 5.88 Å². The first kappa shape index (κ1) is 15.3. The summed E-state index contributed by atoms with van der Waals surface area (Å²) in [6, 6.07) is 0.213. The molecule has 0 bridgehead atoms. The molecule has 1 saturated heterocycles. The predicted molar refractivity (Wildman–Crippen MR) is 72.8 cm³/mol. The average Bonchev–Trinajstić information content (AvgIpc) is 2.43. The van der Waals surface area contributed by atoms with Crippen molar-refractivity contribution in [2.45, 2.75) is 50.4 Å². The van der Waals surface area contributed by atoms with Gasteiger partial charge in [-0.05, 0) is 12.8 Å². The van der Waals surface area contributed by atoms with Crippen LogP contribution >= 0.6 is 0 Å². The van der Waals surface area contributed by atoms with Crippen molar-refractivity contribution in [3.63, 3.8) is 0 Å². The van der Waals surface area contributed by atoms with Crippen molar-refractivity contribution in [3.05, 3.63) is 11.8 Å². The van der Waals surface area contributed by atoms with Crippen molar-refractivity contribution >= 4 is 5.95 Å². The molecule has 1 N–H and O–H groups in total. The van der Waals surface area contributed by atoms with Gasteiger partial charge in [-0.15, -0.1) is 0 Å². The fraction of sp³-hybridized carbons (Fsp3) is 0.714. The van der Waals surface area contributed by atoms with E-state index in [1.54, 1.807) is 0 Å². The third-order valence-corrected chi connectivity index (χ3v) is 3.88. The summed E-state index contributed by atoms with van der Waals surface area (Å²) in [7, 11) is 0.